The van der Waals surface area contributed by atoms with E-state index in [1.807, 2.05) is 0 Å². The number of hydrogen-bond donors (Lipinski definition) is 2. The fourth-order valence-corrected chi connectivity index (χ4v) is 4.16. The zero-order valence-electron chi connectivity index (χ0n) is 16.0. The van der Waals surface area contributed by atoms with Gasteiger partial charge in [0.2, 0.25) is 0 Å². The van der Waals surface area contributed by atoms with Crippen molar-refractivity contribution in [3.8, 4) is 0 Å². The van der Waals surface area contributed by atoms with E-state index in [1.54, 1.807) is 24.3 Å². The third-order valence-electron chi connectivity index (χ3n) is 5.04. The van der Waals surface area contributed by atoms with E-state index >= 15 is 0 Å². The third kappa shape index (κ3) is 4.27. The van der Waals surface area contributed by atoms with Crippen molar-refractivity contribution in [2.45, 2.75) is 24.2 Å². The van der Waals surface area contributed by atoms with Gasteiger partial charge < -0.3 is 10.2 Å². The van der Waals surface area contributed by atoms with Crippen LogP contribution in [0.4, 0.5) is 13.2 Å². The maximum absolute atomic E-state index is 14.1. The van der Waals surface area contributed by atoms with E-state index in [4.69, 9.17) is 45.1 Å². The van der Waals surface area contributed by atoms with Crippen LogP contribution in [0.1, 0.15) is 23.1 Å². The van der Waals surface area contributed by atoms with Gasteiger partial charge in [0.1, 0.15) is 17.6 Å². The van der Waals surface area contributed by atoms with Crippen LogP contribution in [0, 0.1) is 0 Å². The molecular formula is C20H14Cl2F3N3O3S. The molecule has 2 aliphatic heterocycles. The van der Waals surface area contributed by atoms with Gasteiger partial charge >= 0.3 is 6.18 Å². The second kappa shape index (κ2) is 8.51. The molecule has 168 valence electrons. The highest BCUT2D eigenvalue weighted by molar-refractivity contribution is 7.80. The van der Waals surface area contributed by atoms with Crippen molar-refractivity contribution in [3.63, 3.8) is 0 Å². The summed E-state index contributed by atoms with van der Waals surface area (Å²) >= 11 is 17.1. The van der Waals surface area contributed by atoms with Crippen molar-refractivity contribution in [2.75, 3.05) is 6.61 Å². The number of benzene rings is 2. The van der Waals surface area contributed by atoms with Crippen LogP contribution in [-0.2, 0) is 20.1 Å². The maximum Gasteiger partial charge on any atom is 0.435 e. The first kappa shape index (κ1) is 22.8. The quantitative estimate of drug-likeness (QED) is 0.609. The predicted octanol–water partition coefficient (Wildman–Crippen LogP) is 4.27. The molecule has 2 aliphatic rings. The predicted molar refractivity (Wildman–Crippen MR) is 116 cm³/mol. The van der Waals surface area contributed by atoms with E-state index in [9.17, 15) is 18.0 Å². The van der Waals surface area contributed by atoms with Crippen molar-refractivity contribution >= 4 is 52.0 Å². The molecule has 2 aromatic rings. The first-order chi connectivity index (χ1) is 15.1. The normalized spacial score (nSPS) is 22.8. The number of nitrogens with zero attached hydrogens (tertiary/aromatic N) is 1. The Hall–Kier alpha value is -2.40. The highest BCUT2D eigenvalue weighted by atomic mass is 35.5. The lowest BCUT2D eigenvalue weighted by Gasteiger charge is -2.29. The van der Waals surface area contributed by atoms with Crippen molar-refractivity contribution in [1.29, 1.82) is 0 Å². The minimum atomic E-state index is -4.78. The lowest BCUT2D eigenvalue weighted by molar-refractivity contribution is -0.275. The number of alkyl halides is 3. The van der Waals surface area contributed by atoms with Gasteiger partial charge in [-0.05, 0) is 23.8 Å². The summed E-state index contributed by atoms with van der Waals surface area (Å²) in [6.07, 6.45) is -5.34. The van der Waals surface area contributed by atoms with Crippen LogP contribution in [0.15, 0.2) is 47.6 Å². The van der Waals surface area contributed by atoms with Gasteiger partial charge in [-0.25, -0.2) is 5.48 Å². The van der Waals surface area contributed by atoms with Crippen LogP contribution in [-0.4, -0.2) is 35.4 Å². The van der Waals surface area contributed by atoms with Crippen molar-refractivity contribution in [1.82, 2.24) is 10.8 Å². The van der Waals surface area contributed by atoms with Gasteiger partial charge in [0.25, 0.3) is 11.5 Å². The second-order valence-corrected chi connectivity index (χ2v) is 8.45. The Balaban J connectivity index is 1.55. The topological polar surface area (TPSA) is 72.0 Å². The summed E-state index contributed by atoms with van der Waals surface area (Å²) in [6.45, 7) is 0.123. The standard InChI is InChI=1S/C20H14Cl2F3N3O3S/c21-13-5-12(6-14(22)7-13)19(20(23,24)25)8-15(27-31-19)10-1-3-11(4-2-10)18(32)26-16-9-30-28-17(16)29/h1-7,16H,8-9H2,(H,26,32)(H,28,29). The average Bonchev–Trinajstić information content (AvgIpc) is 3.35. The summed E-state index contributed by atoms with van der Waals surface area (Å²) < 4.78 is 42.3. The van der Waals surface area contributed by atoms with E-state index in [1.165, 1.54) is 6.07 Å². The number of nitrogens with one attached hydrogen (secondary N) is 2. The molecule has 0 aromatic heterocycles. The molecule has 2 aromatic carbocycles. The van der Waals surface area contributed by atoms with Crippen molar-refractivity contribution < 1.29 is 27.6 Å². The summed E-state index contributed by atoms with van der Waals surface area (Å²) in [5.41, 5.74) is 0.380. The molecule has 12 heteroatoms. The molecule has 2 N–H and O–H groups in total. The van der Waals surface area contributed by atoms with E-state index in [0.717, 1.165) is 12.1 Å². The number of thiocarbonyl (C=S) groups is 1. The number of halogens is 5. The van der Waals surface area contributed by atoms with E-state index in [-0.39, 0.29) is 33.8 Å². The number of hydroxylamine groups is 1. The lowest BCUT2D eigenvalue weighted by atomic mass is 9.86. The van der Waals surface area contributed by atoms with Crippen molar-refractivity contribution in [3.05, 3.63) is 69.2 Å². The molecule has 1 saturated heterocycles. The number of carbonyl (C=O) groups excluding carboxylic acids is 1. The Bertz CT molecular complexity index is 1090. The number of hydrogen-bond acceptors (Lipinski definition) is 5. The molecule has 0 saturated carbocycles. The van der Waals surface area contributed by atoms with Crippen LogP contribution >= 0.6 is 35.4 Å². The van der Waals surface area contributed by atoms with Crippen LogP contribution in [0.25, 0.3) is 0 Å². The largest absolute Gasteiger partial charge is 0.435 e. The Kier molecular flexibility index (Phi) is 6.06. The number of rotatable bonds is 4. The molecule has 4 rings (SSSR count). The highest BCUT2D eigenvalue weighted by Crippen LogP contribution is 2.49. The molecule has 32 heavy (non-hydrogen) atoms. The van der Waals surface area contributed by atoms with E-state index < -0.39 is 24.2 Å². The number of oxime groups is 1. The van der Waals surface area contributed by atoms with Gasteiger partial charge in [-0.2, -0.15) is 13.2 Å². The molecule has 0 aliphatic carbocycles. The molecule has 2 atom stereocenters. The maximum atomic E-state index is 14.1. The SMILES string of the molecule is O=C1NOCC1NC(=S)c1ccc(C2=NOC(c3cc(Cl)cc(Cl)c3)(C(F)(F)F)C2)cc1. The molecule has 0 bridgehead atoms. The number of carbonyl (C=O) groups is 1. The molecule has 2 heterocycles. The summed E-state index contributed by atoms with van der Waals surface area (Å²) in [7, 11) is 0. The average molecular weight is 504 g/mol. The Morgan fingerprint density at radius 1 is 1.19 bits per heavy atom. The van der Waals surface area contributed by atoms with E-state index in [2.05, 4.69) is 16.0 Å². The zero-order chi connectivity index (χ0) is 23.1. The first-order valence-electron chi connectivity index (χ1n) is 9.20. The summed E-state index contributed by atoms with van der Waals surface area (Å²) in [4.78, 5) is 21.7. The van der Waals surface area contributed by atoms with Crippen LogP contribution < -0.4 is 10.8 Å². The van der Waals surface area contributed by atoms with Crippen LogP contribution in [0.5, 0.6) is 0 Å². The molecule has 6 nitrogen and oxygen atoms in total. The summed E-state index contributed by atoms with van der Waals surface area (Å²) in [5, 5.41) is 6.70. The zero-order valence-corrected chi connectivity index (χ0v) is 18.3. The summed E-state index contributed by atoms with van der Waals surface area (Å²) in [6, 6.07) is 9.43. The van der Waals surface area contributed by atoms with Crippen LogP contribution in [0.3, 0.4) is 0 Å². The van der Waals surface area contributed by atoms with Gasteiger partial charge in [-0.3, -0.25) is 9.63 Å². The summed E-state index contributed by atoms with van der Waals surface area (Å²) in [5.74, 6) is -0.342. The molecule has 0 spiro atoms. The molecule has 1 amide bonds. The van der Waals surface area contributed by atoms with Gasteiger partial charge in [0, 0.05) is 27.6 Å². The Morgan fingerprint density at radius 3 is 2.41 bits per heavy atom. The number of amides is 1. The van der Waals surface area contributed by atoms with Crippen LogP contribution in [0.2, 0.25) is 10.0 Å². The lowest BCUT2D eigenvalue weighted by Crippen LogP contribution is -2.42. The smallest absolute Gasteiger partial charge is 0.374 e. The minimum absolute atomic E-state index is 0.0554. The van der Waals surface area contributed by atoms with Gasteiger partial charge in [-0.15, -0.1) is 0 Å². The fourth-order valence-electron chi connectivity index (χ4n) is 3.35. The molecular weight excluding hydrogens is 490 g/mol. The molecule has 2 unspecified atom stereocenters. The second-order valence-electron chi connectivity index (χ2n) is 7.17. The molecule has 1 fully saturated rings. The Labute approximate surface area is 195 Å². The minimum Gasteiger partial charge on any atom is -0.374 e. The van der Waals surface area contributed by atoms with E-state index in [0.29, 0.717) is 16.1 Å². The van der Waals surface area contributed by atoms with Gasteiger partial charge in [0.05, 0.1) is 5.71 Å². The monoisotopic (exact) mass is 503 g/mol. The highest BCUT2D eigenvalue weighted by Gasteiger charge is 2.62. The van der Waals surface area contributed by atoms with Gasteiger partial charge in [-0.1, -0.05) is 64.8 Å². The first-order valence-corrected chi connectivity index (χ1v) is 10.4. The molecule has 0 radical (unpaired) electrons. The fraction of sp³-hybridized carbons (Fsp3) is 0.250. The Morgan fingerprint density at radius 2 is 1.84 bits per heavy atom. The van der Waals surface area contributed by atoms with Crippen molar-refractivity contribution in [2.24, 2.45) is 5.16 Å². The van der Waals surface area contributed by atoms with Gasteiger partial charge in [0.15, 0.2) is 0 Å². The third-order valence-corrected chi connectivity index (χ3v) is 5.83.